The average molecular weight is 328 g/mol. The maximum Gasteiger partial charge on any atom is 0.325 e. The van der Waals surface area contributed by atoms with E-state index in [0.29, 0.717) is 5.56 Å². The fourth-order valence-corrected chi connectivity index (χ4v) is 1.80. The number of carboxylic acid groups (broad SMARTS) is 1. The van der Waals surface area contributed by atoms with E-state index in [1.807, 2.05) is 6.07 Å². The van der Waals surface area contributed by atoms with Crippen molar-refractivity contribution >= 4 is 23.9 Å². The molecule has 7 heteroatoms. The summed E-state index contributed by atoms with van der Waals surface area (Å²) in [6.07, 6.45) is 2.78. The van der Waals surface area contributed by atoms with Gasteiger partial charge in [0.05, 0.1) is 6.26 Å². The van der Waals surface area contributed by atoms with Gasteiger partial charge in [-0.3, -0.25) is 14.4 Å². The van der Waals surface area contributed by atoms with Gasteiger partial charge in [0.25, 0.3) is 11.8 Å². The lowest BCUT2D eigenvalue weighted by Crippen LogP contribution is -2.42. The molecule has 0 aliphatic heterocycles. The van der Waals surface area contributed by atoms with Crippen molar-refractivity contribution in [3.05, 3.63) is 65.7 Å². The topological polar surface area (TPSA) is 109 Å². The van der Waals surface area contributed by atoms with Crippen molar-refractivity contribution in [2.75, 3.05) is 0 Å². The molecule has 2 rings (SSSR count). The Balaban J connectivity index is 2.24. The number of carboxylic acids is 1. The number of hydrogen-bond acceptors (Lipinski definition) is 4. The summed E-state index contributed by atoms with van der Waals surface area (Å²) in [5, 5.41) is 13.6. The zero-order chi connectivity index (χ0) is 17.5. The highest BCUT2D eigenvalue weighted by atomic mass is 16.4. The molecule has 0 aliphatic rings. The Hall–Kier alpha value is -3.35. The third-order valence-electron chi connectivity index (χ3n) is 3.07. The van der Waals surface area contributed by atoms with Crippen molar-refractivity contribution in [2.45, 2.75) is 13.0 Å². The van der Waals surface area contributed by atoms with Gasteiger partial charge in [-0.1, -0.05) is 30.3 Å². The summed E-state index contributed by atoms with van der Waals surface area (Å²) in [7, 11) is 0. The lowest BCUT2D eigenvalue weighted by Gasteiger charge is -2.13. The van der Waals surface area contributed by atoms with E-state index in [2.05, 4.69) is 10.6 Å². The first kappa shape index (κ1) is 17.0. The molecule has 0 radical (unpaired) electrons. The van der Waals surface area contributed by atoms with Gasteiger partial charge in [0.15, 0.2) is 5.76 Å². The lowest BCUT2D eigenvalue weighted by atomic mass is 10.2. The van der Waals surface area contributed by atoms with Crippen LogP contribution in [0.4, 0.5) is 0 Å². The van der Waals surface area contributed by atoms with Gasteiger partial charge in [0.2, 0.25) is 0 Å². The van der Waals surface area contributed by atoms with Gasteiger partial charge in [0, 0.05) is 0 Å². The Labute approximate surface area is 138 Å². The van der Waals surface area contributed by atoms with E-state index in [9.17, 15) is 14.4 Å². The molecule has 124 valence electrons. The van der Waals surface area contributed by atoms with Crippen LogP contribution in [-0.2, 0) is 9.59 Å². The van der Waals surface area contributed by atoms with Crippen LogP contribution in [0.2, 0.25) is 0 Å². The van der Waals surface area contributed by atoms with Gasteiger partial charge in [0.1, 0.15) is 11.7 Å². The number of rotatable bonds is 6. The predicted octanol–water partition coefficient (Wildman–Crippen LogP) is 1.64. The second-order valence-electron chi connectivity index (χ2n) is 4.93. The second kappa shape index (κ2) is 7.77. The molecule has 1 aromatic heterocycles. The van der Waals surface area contributed by atoms with Crippen molar-refractivity contribution in [3.8, 4) is 0 Å². The summed E-state index contributed by atoms with van der Waals surface area (Å²) in [4.78, 5) is 35.3. The van der Waals surface area contributed by atoms with Crippen LogP contribution in [0.1, 0.15) is 23.0 Å². The summed E-state index contributed by atoms with van der Waals surface area (Å²) in [6.45, 7) is 1.33. The molecule has 0 spiro atoms. The summed E-state index contributed by atoms with van der Waals surface area (Å²) < 4.78 is 4.98. The van der Waals surface area contributed by atoms with Crippen molar-refractivity contribution in [2.24, 2.45) is 0 Å². The molecule has 0 saturated heterocycles. The Morgan fingerprint density at radius 1 is 1.12 bits per heavy atom. The molecule has 2 aromatic rings. The average Bonchev–Trinajstić information content (AvgIpc) is 3.09. The molecule has 0 bridgehead atoms. The molecule has 0 fully saturated rings. The number of amides is 2. The first-order chi connectivity index (χ1) is 11.5. The molecule has 1 aromatic carbocycles. The van der Waals surface area contributed by atoms with E-state index in [1.165, 1.54) is 25.3 Å². The molecular weight excluding hydrogens is 312 g/mol. The van der Waals surface area contributed by atoms with Crippen molar-refractivity contribution in [1.29, 1.82) is 0 Å². The number of aliphatic carboxylic acids is 1. The number of hydrogen-bond donors (Lipinski definition) is 3. The third-order valence-corrected chi connectivity index (χ3v) is 3.07. The quantitative estimate of drug-likeness (QED) is 0.699. The van der Waals surface area contributed by atoms with Crippen LogP contribution in [0.5, 0.6) is 0 Å². The highest BCUT2D eigenvalue weighted by Gasteiger charge is 2.20. The molecule has 2 amide bonds. The SMILES string of the molecule is CC(NC(=O)C(=Cc1ccccc1)NC(=O)c1ccco1)C(=O)O. The molecule has 7 nitrogen and oxygen atoms in total. The number of carbonyl (C=O) groups excluding carboxylic acids is 2. The standard InChI is InChI=1S/C17H16N2O5/c1-11(17(22)23)18-15(20)13(10-12-6-3-2-4-7-12)19-16(21)14-8-5-9-24-14/h2-11H,1H3,(H,18,20)(H,19,21)(H,22,23). The van der Waals surface area contributed by atoms with Gasteiger partial charge in [-0.15, -0.1) is 0 Å². The van der Waals surface area contributed by atoms with E-state index < -0.39 is 23.8 Å². The molecule has 0 saturated carbocycles. The largest absolute Gasteiger partial charge is 0.480 e. The Kier molecular flexibility index (Phi) is 5.51. The van der Waals surface area contributed by atoms with Crippen molar-refractivity contribution < 1.29 is 23.9 Å². The highest BCUT2D eigenvalue weighted by Crippen LogP contribution is 2.07. The summed E-state index contributed by atoms with van der Waals surface area (Å²) in [6, 6.07) is 10.7. The normalized spacial score (nSPS) is 12.3. The smallest absolute Gasteiger partial charge is 0.325 e. The van der Waals surface area contributed by atoms with Crippen LogP contribution in [0.25, 0.3) is 6.08 Å². The highest BCUT2D eigenvalue weighted by molar-refractivity contribution is 6.05. The first-order valence-corrected chi connectivity index (χ1v) is 7.12. The maximum absolute atomic E-state index is 12.3. The van der Waals surface area contributed by atoms with Crippen LogP contribution in [-0.4, -0.2) is 28.9 Å². The number of furan rings is 1. The molecule has 1 heterocycles. The number of nitrogens with one attached hydrogen (secondary N) is 2. The van der Waals surface area contributed by atoms with E-state index >= 15 is 0 Å². The predicted molar refractivity (Wildman–Crippen MR) is 85.8 cm³/mol. The molecule has 1 atom stereocenters. The van der Waals surface area contributed by atoms with Crippen molar-refractivity contribution in [1.82, 2.24) is 10.6 Å². The zero-order valence-electron chi connectivity index (χ0n) is 12.9. The van der Waals surface area contributed by atoms with Gasteiger partial charge in [-0.25, -0.2) is 0 Å². The fourth-order valence-electron chi connectivity index (χ4n) is 1.80. The first-order valence-electron chi connectivity index (χ1n) is 7.12. The maximum atomic E-state index is 12.3. The molecule has 1 unspecified atom stereocenters. The van der Waals surface area contributed by atoms with Crippen LogP contribution < -0.4 is 10.6 Å². The minimum Gasteiger partial charge on any atom is -0.480 e. The van der Waals surface area contributed by atoms with Crippen LogP contribution in [0.3, 0.4) is 0 Å². The summed E-state index contributed by atoms with van der Waals surface area (Å²) in [5.74, 6) is -2.47. The Bertz CT molecular complexity index is 751. The monoisotopic (exact) mass is 328 g/mol. The van der Waals surface area contributed by atoms with Gasteiger partial charge in [-0.2, -0.15) is 0 Å². The van der Waals surface area contributed by atoms with Gasteiger partial charge in [-0.05, 0) is 30.7 Å². The van der Waals surface area contributed by atoms with E-state index in [4.69, 9.17) is 9.52 Å². The number of benzene rings is 1. The summed E-state index contributed by atoms with van der Waals surface area (Å²) in [5.41, 5.74) is 0.584. The number of carbonyl (C=O) groups is 3. The minimum absolute atomic E-state index is 0.0352. The van der Waals surface area contributed by atoms with Crippen molar-refractivity contribution in [3.63, 3.8) is 0 Å². The summed E-state index contributed by atoms with van der Waals surface area (Å²) >= 11 is 0. The van der Waals surface area contributed by atoms with Crippen LogP contribution in [0, 0.1) is 0 Å². The van der Waals surface area contributed by atoms with E-state index in [0.717, 1.165) is 0 Å². The second-order valence-corrected chi connectivity index (χ2v) is 4.93. The molecule has 0 aliphatic carbocycles. The van der Waals surface area contributed by atoms with E-state index in [1.54, 1.807) is 30.3 Å². The zero-order valence-corrected chi connectivity index (χ0v) is 12.9. The van der Waals surface area contributed by atoms with Gasteiger partial charge >= 0.3 is 5.97 Å². The molecular formula is C17H16N2O5. The fraction of sp³-hybridized carbons (Fsp3) is 0.118. The lowest BCUT2D eigenvalue weighted by molar-refractivity contribution is -0.140. The van der Waals surface area contributed by atoms with Crippen LogP contribution >= 0.6 is 0 Å². The Morgan fingerprint density at radius 2 is 1.83 bits per heavy atom. The molecule has 3 N–H and O–H groups in total. The minimum atomic E-state index is -1.18. The van der Waals surface area contributed by atoms with Crippen LogP contribution in [0.15, 0.2) is 58.8 Å². The van der Waals surface area contributed by atoms with E-state index in [-0.39, 0.29) is 11.5 Å². The third kappa shape index (κ3) is 4.57. The van der Waals surface area contributed by atoms with Gasteiger partial charge < -0.3 is 20.2 Å². The molecule has 24 heavy (non-hydrogen) atoms. The Morgan fingerprint density at radius 3 is 2.42 bits per heavy atom.